The van der Waals surface area contributed by atoms with Crippen LogP contribution in [0.15, 0.2) is 42.5 Å². The Morgan fingerprint density at radius 2 is 2.05 bits per heavy atom. The lowest BCUT2D eigenvalue weighted by molar-refractivity contribution is -0.144. The minimum absolute atomic E-state index is 0.0568. The average Bonchev–Trinajstić information content (AvgIpc) is 2.41. The summed E-state index contributed by atoms with van der Waals surface area (Å²) in [6.45, 7) is 7.39. The van der Waals surface area contributed by atoms with Crippen molar-refractivity contribution in [3.8, 4) is 0 Å². The largest absolute Gasteiger partial charge is 0.460 e. The molecule has 1 unspecified atom stereocenters. The van der Waals surface area contributed by atoms with E-state index < -0.39 is 12.1 Å². The molecule has 3 nitrogen and oxygen atoms in total. The van der Waals surface area contributed by atoms with E-state index in [4.69, 9.17) is 4.74 Å². The van der Waals surface area contributed by atoms with Crippen LogP contribution in [0.2, 0.25) is 0 Å². The molecule has 0 saturated heterocycles. The van der Waals surface area contributed by atoms with Gasteiger partial charge in [-0.1, -0.05) is 43.8 Å². The number of carbonyl (C=O) groups excluding carboxylic acids is 1. The molecule has 0 aliphatic heterocycles. The fraction of sp³-hybridized carbons (Fsp3) is 0.471. The molecule has 0 bridgehead atoms. The third-order valence-electron chi connectivity index (χ3n) is 4.17. The van der Waals surface area contributed by atoms with Gasteiger partial charge in [0.25, 0.3) is 0 Å². The maximum Gasteiger partial charge on any atom is 0.333 e. The van der Waals surface area contributed by atoms with E-state index in [2.05, 4.69) is 25.6 Å². The highest BCUT2D eigenvalue weighted by Gasteiger charge is 2.44. The predicted octanol–water partition coefficient (Wildman–Crippen LogP) is 2.83. The Labute approximate surface area is 120 Å². The van der Waals surface area contributed by atoms with E-state index in [0.29, 0.717) is 5.57 Å². The van der Waals surface area contributed by atoms with Crippen LogP contribution in [-0.4, -0.2) is 23.8 Å². The third-order valence-corrected chi connectivity index (χ3v) is 4.17. The van der Waals surface area contributed by atoms with E-state index >= 15 is 0 Å². The van der Waals surface area contributed by atoms with Gasteiger partial charge in [0.2, 0.25) is 0 Å². The minimum atomic E-state index is -0.588. The molecule has 0 aromatic heterocycles. The zero-order valence-corrected chi connectivity index (χ0v) is 12.1. The molecule has 1 saturated carbocycles. The SMILES string of the molecule is C=C(C)C(=O)OCC(O)C1CC(C)(c2ccccc2)C1. The Morgan fingerprint density at radius 1 is 1.45 bits per heavy atom. The molecule has 1 aromatic carbocycles. The summed E-state index contributed by atoms with van der Waals surface area (Å²) in [6.07, 6.45) is 1.25. The van der Waals surface area contributed by atoms with Crippen LogP contribution in [0.4, 0.5) is 0 Å². The van der Waals surface area contributed by atoms with Crippen LogP contribution < -0.4 is 0 Å². The van der Waals surface area contributed by atoms with Gasteiger partial charge in [-0.05, 0) is 36.7 Å². The fourth-order valence-electron chi connectivity index (χ4n) is 2.87. The summed E-state index contributed by atoms with van der Waals surface area (Å²) in [5.41, 5.74) is 1.80. The molecule has 108 valence electrons. The van der Waals surface area contributed by atoms with Crippen molar-refractivity contribution in [3.05, 3.63) is 48.0 Å². The number of aliphatic hydroxyl groups is 1. The minimum Gasteiger partial charge on any atom is -0.460 e. The zero-order valence-electron chi connectivity index (χ0n) is 12.1. The molecule has 0 amide bonds. The van der Waals surface area contributed by atoms with Gasteiger partial charge in [0.15, 0.2) is 0 Å². The number of carbonyl (C=O) groups is 1. The second-order valence-electron chi connectivity index (χ2n) is 6.04. The first-order chi connectivity index (χ1) is 9.42. The highest BCUT2D eigenvalue weighted by Crippen LogP contribution is 2.48. The maximum absolute atomic E-state index is 11.3. The van der Waals surface area contributed by atoms with Gasteiger partial charge in [-0.3, -0.25) is 0 Å². The van der Waals surface area contributed by atoms with Gasteiger partial charge >= 0.3 is 5.97 Å². The Hall–Kier alpha value is -1.61. The van der Waals surface area contributed by atoms with E-state index in [1.54, 1.807) is 6.92 Å². The molecule has 0 spiro atoms. The number of aliphatic hydroxyl groups excluding tert-OH is 1. The molecule has 1 atom stereocenters. The highest BCUT2D eigenvalue weighted by atomic mass is 16.5. The van der Waals surface area contributed by atoms with Crippen molar-refractivity contribution < 1.29 is 14.6 Å². The van der Waals surface area contributed by atoms with Gasteiger partial charge in [0, 0.05) is 5.57 Å². The quantitative estimate of drug-likeness (QED) is 0.663. The average molecular weight is 274 g/mol. The summed E-state index contributed by atoms with van der Waals surface area (Å²) in [5, 5.41) is 10.1. The molecule has 20 heavy (non-hydrogen) atoms. The number of rotatable bonds is 5. The molecule has 2 rings (SSSR count). The molecule has 0 radical (unpaired) electrons. The van der Waals surface area contributed by atoms with Crippen LogP contribution >= 0.6 is 0 Å². The second kappa shape index (κ2) is 5.80. The standard InChI is InChI=1S/C17H22O3/c1-12(2)16(19)20-11-15(18)13-9-17(3,10-13)14-7-5-4-6-8-14/h4-8,13,15,18H,1,9-11H2,2-3H3. The van der Waals surface area contributed by atoms with Crippen LogP contribution in [0.3, 0.4) is 0 Å². The van der Waals surface area contributed by atoms with Crippen LogP contribution in [-0.2, 0) is 14.9 Å². The Kier molecular flexibility index (Phi) is 4.29. The lowest BCUT2D eigenvalue weighted by Crippen LogP contribution is -2.45. The lowest BCUT2D eigenvalue weighted by atomic mass is 9.58. The summed E-state index contributed by atoms with van der Waals surface area (Å²) >= 11 is 0. The molecule has 1 N–H and O–H groups in total. The molecule has 1 fully saturated rings. The first kappa shape index (κ1) is 14.8. The summed E-state index contributed by atoms with van der Waals surface area (Å²) in [6, 6.07) is 10.3. The normalized spacial score (nSPS) is 26.4. The van der Waals surface area contributed by atoms with Gasteiger partial charge in [-0.25, -0.2) is 4.79 Å². The molecule has 1 aliphatic rings. The van der Waals surface area contributed by atoms with Crippen molar-refractivity contribution in [2.75, 3.05) is 6.61 Å². The van der Waals surface area contributed by atoms with E-state index in [1.165, 1.54) is 5.56 Å². The molecule has 0 heterocycles. The van der Waals surface area contributed by atoms with E-state index in [-0.39, 0.29) is 17.9 Å². The third kappa shape index (κ3) is 3.10. The van der Waals surface area contributed by atoms with Gasteiger partial charge in [-0.2, -0.15) is 0 Å². The van der Waals surface area contributed by atoms with E-state index in [1.807, 2.05) is 18.2 Å². The molecule has 1 aliphatic carbocycles. The van der Waals surface area contributed by atoms with Crippen molar-refractivity contribution in [3.63, 3.8) is 0 Å². The van der Waals surface area contributed by atoms with Crippen LogP contribution in [0.1, 0.15) is 32.3 Å². The Morgan fingerprint density at radius 3 is 2.60 bits per heavy atom. The summed E-state index contributed by atoms with van der Waals surface area (Å²) < 4.78 is 5.01. The summed E-state index contributed by atoms with van der Waals surface area (Å²) in [5.74, 6) is -0.243. The first-order valence-corrected chi connectivity index (χ1v) is 6.98. The van der Waals surface area contributed by atoms with Crippen LogP contribution in [0.5, 0.6) is 0 Å². The van der Waals surface area contributed by atoms with Crippen molar-refractivity contribution in [1.82, 2.24) is 0 Å². The molecule has 3 heteroatoms. The molecule has 1 aromatic rings. The second-order valence-corrected chi connectivity index (χ2v) is 6.04. The van der Waals surface area contributed by atoms with Crippen LogP contribution in [0.25, 0.3) is 0 Å². The van der Waals surface area contributed by atoms with Gasteiger partial charge in [0.1, 0.15) is 6.61 Å². The van der Waals surface area contributed by atoms with Crippen LogP contribution in [0, 0.1) is 5.92 Å². The van der Waals surface area contributed by atoms with Crippen molar-refractivity contribution >= 4 is 5.97 Å². The summed E-state index contributed by atoms with van der Waals surface area (Å²) in [4.78, 5) is 11.3. The number of benzene rings is 1. The lowest BCUT2D eigenvalue weighted by Gasteiger charge is -2.47. The summed E-state index contributed by atoms with van der Waals surface area (Å²) in [7, 11) is 0. The molecular weight excluding hydrogens is 252 g/mol. The maximum atomic E-state index is 11.3. The Bertz CT molecular complexity index is 486. The molecular formula is C17H22O3. The number of esters is 1. The Balaban J connectivity index is 1.84. The van der Waals surface area contributed by atoms with E-state index in [0.717, 1.165) is 12.8 Å². The zero-order chi connectivity index (χ0) is 14.8. The first-order valence-electron chi connectivity index (χ1n) is 6.98. The van der Waals surface area contributed by atoms with Gasteiger partial charge in [0.05, 0.1) is 6.10 Å². The predicted molar refractivity (Wildman–Crippen MR) is 78.3 cm³/mol. The van der Waals surface area contributed by atoms with E-state index in [9.17, 15) is 9.90 Å². The topological polar surface area (TPSA) is 46.5 Å². The van der Waals surface area contributed by atoms with Crippen molar-refractivity contribution in [1.29, 1.82) is 0 Å². The van der Waals surface area contributed by atoms with Gasteiger partial charge < -0.3 is 9.84 Å². The smallest absolute Gasteiger partial charge is 0.333 e. The number of hydrogen-bond acceptors (Lipinski definition) is 3. The number of hydrogen-bond donors (Lipinski definition) is 1. The monoisotopic (exact) mass is 274 g/mol. The fourth-order valence-corrected chi connectivity index (χ4v) is 2.87. The highest BCUT2D eigenvalue weighted by molar-refractivity contribution is 5.86. The van der Waals surface area contributed by atoms with Crippen molar-refractivity contribution in [2.24, 2.45) is 5.92 Å². The number of ether oxygens (including phenoxy) is 1. The van der Waals surface area contributed by atoms with Gasteiger partial charge in [-0.15, -0.1) is 0 Å². The van der Waals surface area contributed by atoms with Crippen molar-refractivity contribution in [2.45, 2.75) is 38.2 Å².